The smallest absolute Gasteiger partial charge is 0.391 e. The normalized spacial score (nSPS) is 13.4. The monoisotopic (exact) mass is 1350 g/mol. The highest BCUT2D eigenvalue weighted by atomic mass is 31.2. The number of likely N-dealkylation sites (N-methyl/N-ethyl adjacent to an activating group) is 1. The molecular weight excluding hydrogens is 1180 g/mol. The van der Waals surface area contributed by atoms with E-state index in [9.17, 15) is 19.4 Å². The van der Waals surface area contributed by atoms with E-state index in [1.54, 1.807) is 0 Å². The Bertz CT molecular complexity index is 1540. The van der Waals surface area contributed by atoms with E-state index in [4.69, 9.17) is 9.05 Å². The second-order valence-corrected chi connectivity index (χ2v) is 32.7. The van der Waals surface area contributed by atoms with Crippen LogP contribution in [0.2, 0.25) is 0 Å². The Morgan fingerprint density at radius 2 is 0.574 bits per heavy atom. The number of aliphatic hydroxyl groups excluding tert-OH is 1. The highest BCUT2D eigenvalue weighted by molar-refractivity contribution is 7.47. The molecule has 94 heavy (non-hydrogen) atoms. The first-order valence-corrected chi connectivity index (χ1v) is 44.5. The molecule has 0 saturated heterocycles. The summed E-state index contributed by atoms with van der Waals surface area (Å²) in [5, 5.41) is 14.2. The van der Waals surface area contributed by atoms with Gasteiger partial charge in [0.05, 0.1) is 39.9 Å². The van der Waals surface area contributed by atoms with Crippen LogP contribution in [0.25, 0.3) is 0 Å². The third kappa shape index (κ3) is 78.6. The molecule has 0 bridgehead atoms. The highest BCUT2D eigenvalue weighted by Crippen LogP contribution is 2.43. The van der Waals surface area contributed by atoms with E-state index in [0.29, 0.717) is 23.9 Å². The lowest BCUT2D eigenvalue weighted by molar-refractivity contribution is -0.870. The molecule has 9 heteroatoms. The number of nitrogens with one attached hydrogen (secondary N) is 1. The molecule has 0 heterocycles. The van der Waals surface area contributed by atoms with Crippen LogP contribution in [0.5, 0.6) is 0 Å². The highest BCUT2D eigenvalue weighted by Gasteiger charge is 2.28. The second kappa shape index (κ2) is 76.4. The summed E-state index contributed by atoms with van der Waals surface area (Å²) in [7, 11) is 1.65. The SMILES string of the molecule is CCCCCCCCCC/C=C\CCCCCCCCCCCCCCCCCCCCCCCCCCCCCCCC(=O)NC(COP(=O)(O)OCC[N+](C)(C)C)C(O)CCCCCCCCCCCCCCCCCCCCCCCCCCCCCCCCC. The van der Waals surface area contributed by atoms with Gasteiger partial charge in [0, 0.05) is 6.42 Å². The summed E-state index contributed by atoms with van der Waals surface area (Å²) in [6.45, 7) is 4.97. The summed E-state index contributed by atoms with van der Waals surface area (Å²) in [5.41, 5.74) is 0. The molecule has 0 aromatic carbocycles. The van der Waals surface area contributed by atoms with E-state index in [0.717, 1.165) is 38.5 Å². The molecule has 0 aromatic rings. The Morgan fingerprint density at radius 3 is 0.819 bits per heavy atom. The van der Waals surface area contributed by atoms with Gasteiger partial charge >= 0.3 is 7.82 Å². The average Bonchev–Trinajstić information content (AvgIpc) is 1.77. The van der Waals surface area contributed by atoms with E-state index in [1.165, 1.54) is 411 Å². The van der Waals surface area contributed by atoms with Crippen LogP contribution in [0.15, 0.2) is 12.2 Å². The molecule has 3 atom stereocenters. The number of phosphoric ester groups is 1. The molecule has 0 saturated carbocycles. The summed E-state index contributed by atoms with van der Waals surface area (Å²) < 4.78 is 24.0. The molecule has 562 valence electrons. The lowest BCUT2D eigenvalue weighted by atomic mass is 10.0. The van der Waals surface area contributed by atoms with Crippen LogP contribution in [0.4, 0.5) is 0 Å². The van der Waals surface area contributed by atoms with Gasteiger partial charge in [0.2, 0.25) is 5.91 Å². The minimum absolute atomic E-state index is 0.0791. The summed E-state index contributed by atoms with van der Waals surface area (Å²) in [6, 6.07) is -0.759. The van der Waals surface area contributed by atoms with Crippen LogP contribution in [-0.2, 0) is 18.4 Å². The molecule has 0 aromatic heterocycles. The van der Waals surface area contributed by atoms with Crippen molar-refractivity contribution < 1.29 is 32.9 Å². The van der Waals surface area contributed by atoms with Crippen molar-refractivity contribution in [1.82, 2.24) is 5.32 Å². The first kappa shape index (κ1) is 93.2. The number of carbonyl (C=O) groups excluding carboxylic acids is 1. The Balaban J connectivity index is 3.84. The average molecular weight is 1350 g/mol. The lowest BCUT2D eigenvalue weighted by Gasteiger charge is -2.26. The van der Waals surface area contributed by atoms with Crippen molar-refractivity contribution in [2.24, 2.45) is 0 Å². The van der Waals surface area contributed by atoms with E-state index < -0.39 is 20.0 Å². The van der Waals surface area contributed by atoms with Crippen molar-refractivity contribution in [1.29, 1.82) is 0 Å². The minimum atomic E-state index is -4.33. The van der Waals surface area contributed by atoms with Crippen molar-refractivity contribution in [3.63, 3.8) is 0 Å². The Labute approximate surface area is 590 Å². The number of hydrogen-bond donors (Lipinski definition) is 3. The first-order chi connectivity index (χ1) is 46.0. The topological polar surface area (TPSA) is 105 Å². The van der Waals surface area contributed by atoms with E-state index in [2.05, 4.69) is 31.3 Å². The van der Waals surface area contributed by atoms with Crippen LogP contribution in [0, 0.1) is 0 Å². The molecule has 0 radical (unpaired) electrons. The fourth-order valence-electron chi connectivity index (χ4n) is 13.9. The molecule has 1 amide bonds. The van der Waals surface area contributed by atoms with Gasteiger partial charge in [-0.25, -0.2) is 4.57 Å². The number of quaternary nitrogens is 1. The maximum absolute atomic E-state index is 13.1. The van der Waals surface area contributed by atoms with Crippen molar-refractivity contribution in [2.45, 2.75) is 488 Å². The van der Waals surface area contributed by atoms with E-state index in [1.807, 2.05) is 21.1 Å². The third-order valence-corrected chi connectivity index (χ3v) is 21.5. The molecule has 0 aliphatic carbocycles. The fraction of sp³-hybridized carbons (Fsp3) is 0.965. The standard InChI is InChI=1S/C85H171N2O6P/c1-6-8-10-12-14-16-18-20-22-24-26-28-30-32-34-36-38-39-40-41-42-43-44-45-46-47-49-51-53-55-57-59-61-63-65-67-69-71-73-75-77-79-85(89)86-83(82-93-94(90,91)92-81-80-87(3,4)5)84(88)78-76-74-72-70-68-66-64-62-60-58-56-54-52-50-48-37-35-33-31-29-27-25-23-21-19-17-15-13-11-9-7-2/h24,26,83-84,88H,6-23,25,27-82H2,1-5H3,(H-,86,89,90,91)/p+1/b26-24-. The first-order valence-electron chi connectivity index (χ1n) is 43.1. The third-order valence-electron chi connectivity index (χ3n) is 20.5. The number of amides is 1. The summed E-state index contributed by atoms with van der Waals surface area (Å²) in [4.78, 5) is 23.6. The molecule has 0 aliphatic heterocycles. The van der Waals surface area contributed by atoms with Gasteiger partial charge in [0.25, 0.3) is 0 Å². The van der Waals surface area contributed by atoms with Gasteiger partial charge in [-0.15, -0.1) is 0 Å². The zero-order valence-corrected chi connectivity index (χ0v) is 65.7. The maximum Gasteiger partial charge on any atom is 0.472 e. The lowest BCUT2D eigenvalue weighted by Crippen LogP contribution is -2.46. The number of rotatable bonds is 82. The second-order valence-electron chi connectivity index (χ2n) is 31.3. The van der Waals surface area contributed by atoms with Crippen molar-refractivity contribution in [2.75, 3.05) is 40.9 Å². The van der Waals surface area contributed by atoms with Crippen molar-refractivity contribution >= 4 is 13.7 Å². The molecule has 0 fully saturated rings. The van der Waals surface area contributed by atoms with Gasteiger partial charge in [0.15, 0.2) is 0 Å². The maximum atomic E-state index is 13.1. The molecule has 0 aliphatic rings. The zero-order valence-electron chi connectivity index (χ0n) is 64.8. The number of nitrogens with zero attached hydrogens (tertiary/aromatic N) is 1. The zero-order chi connectivity index (χ0) is 68.3. The molecule has 0 spiro atoms. The minimum Gasteiger partial charge on any atom is -0.391 e. The Morgan fingerprint density at radius 1 is 0.351 bits per heavy atom. The van der Waals surface area contributed by atoms with Crippen LogP contribution in [0.3, 0.4) is 0 Å². The fourth-order valence-corrected chi connectivity index (χ4v) is 14.6. The number of allylic oxidation sites excluding steroid dienone is 2. The predicted octanol–water partition coefficient (Wildman–Crippen LogP) is 28.4. The van der Waals surface area contributed by atoms with Crippen molar-refractivity contribution in [3.8, 4) is 0 Å². The summed E-state index contributed by atoms with van der Waals surface area (Å²) in [5.74, 6) is -0.131. The number of carbonyl (C=O) groups is 1. The Kier molecular flexibility index (Phi) is 75.8. The molecule has 3 unspecified atom stereocenters. The van der Waals surface area contributed by atoms with Gasteiger partial charge in [-0.05, 0) is 38.5 Å². The van der Waals surface area contributed by atoms with Gasteiger partial charge in [-0.2, -0.15) is 0 Å². The number of phosphoric acid groups is 1. The van der Waals surface area contributed by atoms with Gasteiger partial charge < -0.3 is 19.8 Å². The van der Waals surface area contributed by atoms with Crippen LogP contribution in [0.1, 0.15) is 476 Å². The van der Waals surface area contributed by atoms with Gasteiger partial charge in [0.1, 0.15) is 13.2 Å². The van der Waals surface area contributed by atoms with Crippen LogP contribution in [-0.4, -0.2) is 73.4 Å². The molecular formula is C85H172N2O6P+. The number of aliphatic hydroxyl groups is 1. The molecule has 0 rings (SSSR count). The number of unbranched alkanes of at least 4 members (excludes halogenated alkanes) is 67. The summed E-state index contributed by atoms with van der Waals surface area (Å²) in [6.07, 6.45) is 101. The predicted molar refractivity (Wildman–Crippen MR) is 415 cm³/mol. The van der Waals surface area contributed by atoms with E-state index in [-0.39, 0.29) is 19.1 Å². The quantitative estimate of drug-likeness (QED) is 0.0243. The number of hydrogen-bond acceptors (Lipinski definition) is 5. The molecule has 8 nitrogen and oxygen atoms in total. The summed E-state index contributed by atoms with van der Waals surface area (Å²) >= 11 is 0. The van der Waals surface area contributed by atoms with E-state index >= 15 is 0 Å². The van der Waals surface area contributed by atoms with Crippen LogP contribution >= 0.6 is 7.82 Å². The van der Waals surface area contributed by atoms with Gasteiger partial charge in [-0.3, -0.25) is 13.8 Å². The molecule has 3 N–H and O–H groups in total. The Hall–Kier alpha value is -0.760. The largest absolute Gasteiger partial charge is 0.472 e. The van der Waals surface area contributed by atoms with Crippen molar-refractivity contribution in [3.05, 3.63) is 12.2 Å². The van der Waals surface area contributed by atoms with Gasteiger partial charge in [-0.1, -0.05) is 443 Å². The van der Waals surface area contributed by atoms with Crippen LogP contribution < -0.4 is 5.32 Å².